The number of amides is 1. The van der Waals surface area contributed by atoms with Crippen molar-refractivity contribution >= 4 is 45.6 Å². The predicted octanol–water partition coefficient (Wildman–Crippen LogP) is 6.36. The number of anilines is 3. The van der Waals surface area contributed by atoms with Crippen molar-refractivity contribution in [1.29, 1.82) is 0 Å². The number of fused-ring (bicyclic) bond motifs is 2. The number of ether oxygens (including phenoxy) is 1. The van der Waals surface area contributed by atoms with Crippen LogP contribution >= 0.6 is 0 Å². The standard InChI is InChI=1S/C30H33N7O3/c1-17-14-18(2)26-22(15-17)34-28(39-26)33-20-8-6-19(7-9-20)25-24-23(10-12-32-27(24)31)37(35-25)21-11-13-36(16-21)29(38)40-30(3,4)5/h6-10,12,14-15,21H,11,13,16H2,1-5H3,(H2,31,32)(H,33,34). The zero-order valence-electron chi connectivity index (χ0n) is 23.4. The SMILES string of the molecule is Cc1cc(C)c2oc(Nc3ccc(-c4nn(C5CCN(C(=O)OC(C)(C)C)C5)c5ccnc(N)c45)cc3)nc2c1. The number of pyridine rings is 1. The topological polar surface area (TPSA) is 124 Å². The molecule has 1 fully saturated rings. The smallest absolute Gasteiger partial charge is 0.410 e. The Balaban J connectivity index is 1.27. The Hall–Kier alpha value is -4.60. The van der Waals surface area contributed by atoms with Crippen LogP contribution in [0.1, 0.15) is 44.4 Å². The summed E-state index contributed by atoms with van der Waals surface area (Å²) in [5.74, 6) is 0.417. The highest BCUT2D eigenvalue weighted by molar-refractivity contribution is 6.00. The molecule has 0 aliphatic carbocycles. The van der Waals surface area contributed by atoms with Crippen LogP contribution in [0.5, 0.6) is 0 Å². The molecular formula is C30H33N7O3. The Bertz CT molecular complexity index is 1730. The number of rotatable bonds is 4. The van der Waals surface area contributed by atoms with Gasteiger partial charge in [-0.15, -0.1) is 0 Å². The van der Waals surface area contributed by atoms with Gasteiger partial charge in [-0.2, -0.15) is 10.1 Å². The molecule has 0 saturated carbocycles. The largest absolute Gasteiger partial charge is 0.444 e. The van der Waals surface area contributed by atoms with Gasteiger partial charge in [0, 0.05) is 30.5 Å². The monoisotopic (exact) mass is 539 g/mol. The first-order valence-corrected chi connectivity index (χ1v) is 13.4. The molecule has 1 unspecified atom stereocenters. The van der Waals surface area contributed by atoms with Gasteiger partial charge in [0.2, 0.25) is 0 Å². The number of carbonyl (C=O) groups excluding carboxylic acids is 1. The highest BCUT2D eigenvalue weighted by atomic mass is 16.6. The number of hydrogen-bond donors (Lipinski definition) is 2. The summed E-state index contributed by atoms with van der Waals surface area (Å²) in [5.41, 5.74) is 13.0. The molecule has 10 nitrogen and oxygen atoms in total. The highest BCUT2D eigenvalue weighted by Gasteiger charge is 2.32. The second-order valence-electron chi connectivity index (χ2n) is 11.4. The summed E-state index contributed by atoms with van der Waals surface area (Å²) in [6.45, 7) is 10.8. The van der Waals surface area contributed by atoms with Gasteiger partial charge in [-0.05, 0) is 76.4 Å². The molecule has 3 N–H and O–H groups in total. The quantitative estimate of drug-likeness (QED) is 0.270. The third-order valence-corrected chi connectivity index (χ3v) is 7.04. The lowest BCUT2D eigenvalue weighted by atomic mass is 10.1. The van der Waals surface area contributed by atoms with Crippen molar-refractivity contribution in [2.75, 3.05) is 24.1 Å². The molecule has 5 aromatic rings. The van der Waals surface area contributed by atoms with E-state index >= 15 is 0 Å². The van der Waals surface area contributed by atoms with Crippen LogP contribution in [0.4, 0.5) is 22.3 Å². The summed E-state index contributed by atoms with van der Waals surface area (Å²) >= 11 is 0. The highest BCUT2D eigenvalue weighted by Crippen LogP contribution is 2.36. The van der Waals surface area contributed by atoms with Crippen molar-refractivity contribution < 1.29 is 13.9 Å². The van der Waals surface area contributed by atoms with Crippen molar-refractivity contribution in [3.8, 4) is 11.3 Å². The minimum Gasteiger partial charge on any atom is -0.444 e. The first-order chi connectivity index (χ1) is 19.1. The molecule has 3 aromatic heterocycles. The van der Waals surface area contributed by atoms with Crippen LogP contribution in [-0.4, -0.2) is 49.4 Å². The van der Waals surface area contributed by atoms with Gasteiger partial charge in [0.25, 0.3) is 6.01 Å². The van der Waals surface area contributed by atoms with E-state index in [9.17, 15) is 4.79 Å². The average molecular weight is 540 g/mol. The van der Waals surface area contributed by atoms with Crippen LogP contribution in [0, 0.1) is 13.8 Å². The number of nitrogens with two attached hydrogens (primary N) is 1. The fourth-order valence-corrected chi connectivity index (χ4v) is 5.29. The number of aromatic nitrogens is 4. The van der Waals surface area contributed by atoms with Crippen LogP contribution in [-0.2, 0) is 4.74 Å². The fraction of sp³-hybridized carbons (Fsp3) is 0.333. The third-order valence-electron chi connectivity index (χ3n) is 7.04. The Morgan fingerprint density at radius 2 is 1.93 bits per heavy atom. The number of carbonyl (C=O) groups is 1. The second kappa shape index (κ2) is 9.55. The van der Waals surface area contributed by atoms with Crippen LogP contribution in [0.15, 0.2) is 53.1 Å². The molecule has 206 valence electrons. The van der Waals surface area contributed by atoms with Crippen molar-refractivity contribution in [2.24, 2.45) is 0 Å². The number of nitrogen functional groups attached to an aromatic ring is 1. The summed E-state index contributed by atoms with van der Waals surface area (Å²) in [6.07, 6.45) is 2.15. The molecule has 1 aliphatic heterocycles. The molecule has 1 aliphatic rings. The van der Waals surface area contributed by atoms with Gasteiger partial charge in [0.1, 0.15) is 22.6 Å². The van der Waals surface area contributed by atoms with Gasteiger partial charge >= 0.3 is 6.09 Å². The van der Waals surface area contributed by atoms with Crippen molar-refractivity contribution in [2.45, 2.75) is 52.7 Å². The number of oxazole rings is 1. The van der Waals surface area contributed by atoms with Crippen molar-refractivity contribution in [3.05, 3.63) is 59.8 Å². The zero-order valence-corrected chi connectivity index (χ0v) is 23.4. The maximum absolute atomic E-state index is 12.7. The molecule has 40 heavy (non-hydrogen) atoms. The predicted molar refractivity (Wildman–Crippen MR) is 156 cm³/mol. The van der Waals surface area contributed by atoms with Crippen LogP contribution in [0.3, 0.4) is 0 Å². The van der Waals surface area contributed by atoms with Gasteiger partial charge in [-0.3, -0.25) is 4.68 Å². The molecule has 1 saturated heterocycles. The lowest BCUT2D eigenvalue weighted by Crippen LogP contribution is -2.35. The molecule has 0 radical (unpaired) electrons. The number of aryl methyl sites for hydroxylation is 2. The lowest BCUT2D eigenvalue weighted by Gasteiger charge is -2.24. The van der Waals surface area contributed by atoms with Gasteiger partial charge in [-0.1, -0.05) is 18.2 Å². The van der Waals surface area contributed by atoms with Crippen LogP contribution in [0.25, 0.3) is 33.3 Å². The Labute approximate surface area is 232 Å². The summed E-state index contributed by atoms with van der Waals surface area (Å²) in [5, 5.41) is 9.05. The average Bonchev–Trinajstić information content (AvgIpc) is 3.61. The molecule has 10 heteroatoms. The van der Waals surface area contributed by atoms with E-state index in [1.165, 1.54) is 0 Å². The molecule has 1 atom stereocenters. The van der Waals surface area contributed by atoms with Crippen LogP contribution < -0.4 is 11.1 Å². The minimum absolute atomic E-state index is 0.00207. The maximum Gasteiger partial charge on any atom is 0.410 e. The summed E-state index contributed by atoms with van der Waals surface area (Å²) in [7, 11) is 0. The maximum atomic E-state index is 12.7. The van der Waals surface area contributed by atoms with E-state index in [4.69, 9.17) is 20.0 Å². The molecule has 0 spiro atoms. The van der Waals surface area contributed by atoms with E-state index in [0.717, 1.165) is 56.5 Å². The van der Waals surface area contributed by atoms with E-state index in [0.29, 0.717) is 24.9 Å². The van der Waals surface area contributed by atoms with E-state index in [1.54, 1.807) is 11.1 Å². The molecular weight excluding hydrogens is 506 g/mol. The molecule has 4 heterocycles. The van der Waals surface area contributed by atoms with Crippen LogP contribution in [0.2, 0.25) is 0 Å². The van der Waals surface area contributed by atoms with Gasteiger partial charge < -0.3 is 25.1 Å². The minimum atomic E-state index is -0.541. The third kappa shape index (κ3) is 4.81. The zero-order chi connectivity index (χ0) is 28.2. The van der Waals surface area contributed by atoms with E-state index in [2.05, 4.69) is 21.4 Å². The number of nitrogens with one attached hydrogen (secondary N) is 1. The molecule has 6 rings (SSSR count). The molecule has 0 bridgehead atoms. The van der Waals surface area contributed by atoms with E-state index in [1.807, 2.05) is 75.7 Å². The van der Waals surface area contributed by atoms with Gasteiger partial charge in [0.05, 0.1) is 16.9 Å². The second-order valence-corrected chi connectivity index (χ2v) is 11.4. The fourth-order valence-electron chi connectivity index (χ4n) is 5.29. The number of hydrogen-bond acceptors (Lipinski definition) is 8. The first-order valence-electron chi connectivity index (χ1n) is 13.4. The number of nitrogens with zero attached hydrogens (tertiary/aromatic N) is 5. The summed E-state index contributed by atoms with van der Waals surface area (Å²) in [6, 6.07) is 14.3. The molecule has 2 aromatic carbocycles. The van der Waals surface area contributed by atoms with E-state index < -0.39 is 5.60 Å². The van der Waals surface area contributed by atoms with Gasteiger partial charge in [-0.25, -0.2) is 9.78 Å². The van der Waals surface area contributed by atoms with Crippen molar-refractivity contribution in [3.63, 3.8) is 0 Å². The Morgan fingerprint density at radius 3 is 2.67 bits per heavy atom. The summed E-state index contributed by atoms with van der Waals surface area (Å²) < 4.78 is 13.5. The van der Waals surface area contributed by atoms with E-state index in [-0.39, 0.29) is 12.1 Å². The van der Waals surface area contributed by atoms with Crippen molar-refractivity contribution in [1.82, 2.24) is 24.6 Å². The Morgan fingerprint density at radius 1 is 1.15 bits per heavy atom. The van der Waals surface area contributed by atoms with Gasteiger partial charge in [0.15, 0.2) is 5.58 Å². The lowest BCUT2D eigenvalue weighted by molar-refractivity contribution is 0.0288. The normalized spacial score (nSPS) is 15.7. The first kappa shape index (κ1) is 25.7. The molecule has 1 amide bonds. The number of benzene rings is 2. The summed E-state index contributed by atoms with van der Waals surface area (Å²) in [4.78, 5) is 23.3. The number of likely N-dealkylation sites (tertiary alicyclic amines) is 1. The Kier molecular flexibility index (Phi) is 6.13.